The number of halogens is 1. The Hall–Kier alpha value is -2.06. The van der Waals surface area contributed by atoms with E-state index in [-0.39, 0.29) is 54.3 Å². The number of alkyl carbamates (subject to hydrolysis) is 1. The summed E-state index contributed by atoms with van der Waals surface area (Å²) in [6.07, 6.45) is 0.843. The van der Waals surface area contributed by atoms with Gasteiger partial charge >= 0.3 is 18.0 Å². The van der Waals surface area contributed by atoms with Crippen LogP contribution in [-0.4, -0.2) is 194 Å². The van der Waals surface area contributed by atoms with Crippen LogP contribution in [0, 0.1) is 17.8 Å². The molecular formula is C59H105BrN3O14P. The Kier molecular flexibility index (Phi) is 28.4. The quantitative estimate of drug-likeness (QED) is 0.0558. The molecule has 1 amide bonds. The van der Waals surface area contributed by atoms with E-state index in [1.54, 1.807) is 41.5 Å². The Morgan fingerprint density at radius 3 is 2.04 bits per heavy atom. The molecule has 1 aromatic carbocycles. The lowest BCUT2D eigenvalue weighted by Crippen LogP contribution is -3.00. The fourth-order valence-electron chi connectivity index (χ4n) is 12.2. The van der Waals surface area contributed by atoms with E-state index < -0.39 is 115 Å². The molecule has 78 heavy (non-hydrogen) atoms. The summed E-state index contributed by atoms with van der Waals surface area (Å²) in [6.45, 7) is 24.8. The van der Waals surface area contributed by atoms with Gasteiger partial charge in [0.05, 0.1) is 72.4 Å². The van der Waals surface area contributed by atoms with Crippen molar-refractivity contribution in [3.8, 4) is 0 Å². The molecule has 1 aromatic rings. The van der Waals surface area contributed by atoms with E-state index in [1.807, 2.05) is 58.6 Å². The minimum atomic E-state index is -1.89. The maximum absolute atomic E-state index is 14.9. The second-order valence-corrected chi connectivity index (χ2v) is 29.0. The predicted octanol–water partition coefficient (Wildman–Crippen LogP) is 4.93. The van der Waals surface area contributed by atoms with Crippen molar-refractivity contribution in [1.29, 1.82) is 0 Å². The van der Waals surface area contributed by atoms with Crippen molar-refractivity contribution in [2.24, 2.45) is 17.8 Å². The van der Waals surface area contributed by atoms with Gasteiger partial charge in [-0.3, -0.25) is 14.5 Å². The van der Waals surface area contributed by atoms with Gasteiger partial charge < -0.3 is 80.4 Å². The van der Waals surface area contributed by atoms with Gasteiger partial charge in [0.1, 0.15) is 17.8 Å². The molecule has 3 fully saturated rings. The van der Waals surface area contributed by atoms with Crippen LogP contribution in [0.25, 0.3) is 0 Å². The minimum Gasteiger partial charge on any atom is -1.00 e. The van der Waals surface area contributed by atoms with Gasteiger partial charge in [-0.2, -0.15) is 0 Å². The maximum Gasteiger partial charge on any atom is 0.407 e. The number of esters is 2. The number of cyclic esters (lactones) is 1. The number of hydrogen-bond acceptors (Lipinski definition) is 16. The highest BCUT2D eigenvalue weighted by atomic mass is 79.9. The van der Waals surface area contributed by atoms with Crippen molar-refractivity contribution in [1.82, 2.24) is 15.1 Å². The summed E-state index contributed by atoms with van der Waals surface area (Å²) in [6, 6.07) is 10.0. The number of nitrogens with zero attached hydrogens (tertiary/aromatic N) is 2. The van der Waals surface area contributed by atoms with Gasteiger partial charge in [-0.25, -0.2) is 4.79 Å². The first-order chi connectivity index (χ1) is 36.0. The number of rotatable bonds is 21. The van der Waals surface area contributed by atoms with E-state index in [1.165, 1.54) is 51.2 Å². The van der Waals surface area contributed by atoms with Crippen LogP contribution >= 0.6 is 7.26 Å². The number of hydrogen-bond donors (Lipinski definition) is 4. The molecule has 3 aliphatic heterocycles. The Morgan fingerprint density at radius 2 is 1.46 bits per heavy atom. The third kappa shape index (κ3) is 19.5. The molecule has 17 nitrogen and oxygen atoms in total. The first-order valence-corrected chi connectivity index (χ1v) is 31.7. The predicted molar refractivity (Wildman–Crippen MR) is 303 cm³/mol. The molecule has 18 atom stereocenters. The van der Waals surface area contributed by atoms with Gasteiger partial charge in [0.2, 0.25) is 0 Å². The number of methoxy groups -OCH3 is 1. The van der Waals surface area contributed by atoms with Crippen LogP contribution in [0.2, 0.25) is 0 Å². The molecule has 0 aliphatic carbocycles. The number of unbranched alkanes of at least 4 members (excludes halogenated alkanes) is 7. The van der Waals surface area contributed by atoms with Crippen molar-refractivity contribution in [3.05, 3.63) is 30.3 Å². The van der Waals surface area contributed by atoms with Crippen LogP contribution < -0.4 is 27.6 Å². The molecule has 4 rings (SSSR count). The third-order valence-electron chi connectivity index (χ3n) is 17.0. The van der Waals surface area contributed by atoms with Gasteiger partial charge in [0, 0.05) is 52.8 Å². The molecule has 3 aliphatic rings. The summed E-state index contributed by atoms with van der Waals surface area (Å²) in [4.78, 5) is 45.3. The Bertz CT molecular complexity index is 1950. The zero-order chi connectivity index (χ0) is 57.6. The zero-order valence-corrected chi connectivity index (χ0v) is 53.2. The third-order valence-corrected chi connectivity index (χ3v) is 20.2. The SMILES string of the molecule is CC[C@H]1OC(=O)[C@H](C)[C@@H](O[C@H]2C[C@@](C)(OC)[C@@H](O)[C@H](C)O2)[C@H](C)[C@@H](O[C@@H]2O[C@H](C)C[C@H](N(C)C)[C@H]2OC(C)=O)[C@](C)(O)C[C@@H](C)CN(C)[C@H](C)[C@@H](OC(=O)NCCCCCCCCCC[P+](C)(C)c2ccccc2)[C@]1(C)O.[Br-]. The van der Waals surface area contributed by atoms with Gasteiger partial charge in [-0.15, -0.1) is 0 Å². The normalized spacial score (nSPS) is 36.8. The summed E-state index contributed by atoms with van der Waals surface area (Å²) >= 11 is 0. The van der Waals surface area contributed by atoms with Gasteiger partial charge in [0.25, 0.3) is 0 Å². The summed E-state index contributed by atoms with van der Waals surface area (Å²) < 4.78 is 51.0. The summed E-state index contributed by atoms with van der Waals surface area (Å²) in [7, 11) is 6.09. The van der Waals surface area contributed by atoms with Crippen molar-refractivity contribution < 1.29 is 84.6 Å². The lowest BCUT2D eigenvalue weighted by atomic mass is 9.77. The lowest BCUT2D eigenvalue weighted by molar-refractivity contribution is -0.318. The van der Waals surface area contributed by atoms with Crippen molar-refractivity contribution in [2.75, 3.05) is 60.8 Å². The molecule has 0 radical (unpaired) electrons. The number of aliphatic hydroxyl groups excluding tert-OH is 1. The molecule has 0 spiro atoms. The number of ether oxygens (including phenoxy) is 8. The molecule has 4 N–H and O–H groups in total. The van der Waals surface area contributed by atoms with E-state index in [9.17, 15) is 29.7 Å². The second-order valence-electron chi connectivity index (χ2n) is 24.6. The number of likely N-dealkylation sites (N-methyl/N-ethyl adjacent to an activating group) is 2. The first kappa shape index (κ1) is 70.2. The molecule has 0 aromatic heterocycles. The van der Waals surface area contributed by atoms with Crippen LogP contribution in [0.4, 0.5) is 4.79 Å². The van der Waals surface area contributed by atoms with E-state index in [0.717, 1.165) is 25.7 Å². The fraction of sp³-hybridized carbons (Fsp3) is 0.847. The standard InChI is InChI=1S/C59H104N3O14P.BrH/c1-18-47-59(11,68)53(76-56(66)60-32-28-23-21-19-20-22-24-29-33-77(16,17)45-30-26-25-27-31-45)42(6)62(14)37-38(2)35-57(9,67)52(75-55-50(72-44(8)63)46(61(12)13)34-39(3)70-55)40(4)49(41(5)54(65)73-47)74-48-36-58(10,69-15)51(64)43(7)71-48;/h25-27,30-31,38-43,46-53,55,64,67-68H,18-24,28-29,32-37H2,1-17H3;1H/t38-,39-,40+,41-,42-,43+,46+,47-,48+,49+,50-,51+,52-,53-,55+,57-,58-,59-;/m1./s1. The molecule has 0 bridgehead atoms. The van der Waals surface area contributed by atoms with Crippen LogP contribution in [0.5, 0.6) is 0 Å². The second kappa shape index (κ2) is 31.6. The smallest absolute Gasteiger partial charge is 0.407 e. The molecule has 0 saturated carbocycles. The Morgan fingerprint density at radius 1 is 0.859 bits per heavy atom. The summed E-state index contributed by atoms with van der Waals surface area (Å²) in [5.41, 5.74) is -4.62. The van der Waals surface area contributed by atoms with Gasteiger partial charge in [0.15, 0.2) is 24.8 Å². The van der Waals surface area contributed by atoms with Gasteiger partial charge in [-0.1, -0.05) is 71.1 Å². The van der Waals surface area contributed by atoms with Crippen LogP contribution in [0.1, 0.15) is 153 Å². The van der Waals surface area contributed by atoms with Crippen LogP contribution in [-0.2, 0) is 47.5 Å². The topological polar surface area (TPSA) is 204 Å². The van der Waals surface area contributed by atoms with E-state index in [4.69, 9.17) is 37.9 Å². The highest BCUT2D eigenvalue weighted by Crippen LogP contribution is 2.50. The molecule has 3 saturated heterocycles. The zero-order valence-electron chi connectivity index (χ0n) is 50.7. The largest absolute Gasteiger partial charge is 1.00 e. The maximum atomic E-state index is 14.9. The molecular weight excluding hydrogens is 1090 g/mol. The van der Waals surface area contributed by atoms with E-state index >= 15 is 0 Å². The van der Waals surface area contributed by atoms with Crippen LogP contribution in [0.15, 0.2) is 30.3 Å². The van der Waals surface area contributed by atoms with Crippen LogP contribution in [0.3, 0.4) is 0 Å². The number of amides is 1. The summed E-state index contributed by atoms with van der Waals surface area (Å²) in [5.74, 6) is -3.40. The number of nitrogens with one attached hydrogen (secondary N) is 1. The van der Waals surface area contributed by atoms with Crippen molar-refractivity contribution in [2.45, 2.75) is 244 Å². The average molecular weight is 1190 g/mol. The van der Waals surface area contributed by atoms with Crippen molar-refractivity contribution in [3.63, 3.8) is 0 Å². The van der Waals surface area contributed by atoms with E-state index in [0.29, 0.717) is 19.5 Å². The highest BCUT2D eigenvalue weighted by Gasteiger charge is 2.54. The molecule has 452 valence electrons. The van der Waals surface area contributed by atoms with E-state index in [2.05, 4.69) is 49.0 Å². The Labute approximate surface area is 480 Å². The highest BCUT2D eigenvalue weighted by molar-refractivity contribution is 7.81. The van der Waals surface area contributed by atoms with Crippen molar-refractivity contribution >= 4 is 30.6 Å². The number of carbonyl (C=O) groups excluding carboxylic acids is 3. The molecule has 3 heterocycles. The monoisotopic (exact) mass is 1190 g/mol. The molecule has 0 unspecified atom stereocenters. The lowest BCUT2D eigenvalue weighted by Gasteiger charge is -2.49. The minimum absolute atomic E-state index is 0. The Balaban J connectivity index is 0.0000160. The average Bonchev–Trinajstić information content (AvgIpc) is 3.36. The number of carbonyl (C=O) groups is 3. The molecule has 19 heteroatoms. The summed E-state index contributed by atoms with van der Waals surface area (Å²) in [5, 5.41) is 41.3. The number of benzene rings is 1. The first-order valence-electron chi connectivity index (χ1n) is 28.9. The van der Waals surface area contributed by atoms with Gasteiger partial charge in [-0.05, 0) is 126 Å². The number of aliphatic hydroxyl groups is 3. The fourth-order valence-corrected chi connectivity index (χ4v) is 14.5.